The summed E-state index contributed by atoms with van der Waals surface area (Å²) >= 11 is 0. The monoisotopic (exact) mass is 230 g/mol. The van der Waals surface area contributed by atoms with Crippen LogP contribution in [-0.4, -0.2) is 11.2 Å². The molecule has 1 rings (SSSR count). The predicted octanol–water partition coefficient (Wildman–Crippen LogP) is 3.69. The molecule has 1 unspecified atom stereocenters. The number of halogens is 2. The van der Waals surface area contributed by atoms with Gasteiger partial charge in [-0.15, -0.1) is 0 Å². The molecule has 0 aliphatic heterocycles. The van der Waals surface area contributed by atoms with Crippen LogP contribution in [0.15, 0.2) is 18.2 Å². The number of aliphatic hydroxyl groups excluding tert-OH is 1. The van der Waals surface area contributed by atoms with E-state index in [0.717, 1.165) is 12.5 Å². The third kappa shape index (κ3) is 4.71. The van der Waals surface area contributed by atoms with Crippen molar-refractivity contribution in [2.24, 2.45) is 0 Å². The van der Waals surface area contributed by atoms with E-state index in [1.54, 1.807) is 0 Å². The maximum Gasteiger partial charge on any atom is 0.162 e. The van der Waals surface area contributed by atoms with Gasteiger partial charge in [0.1, 0.15) is 0 Å². The molecule has 92 valence electrons. The Morgan fingerprint density at radius 1 is 1.25 bits per heavy atom. The number of benzene rings is 1. The van der Waals surface area contributed by atoms with Gasteiger partial charge in [0.25, 0.3) is 0 Å². The van der Waals surface area contributed by atoms with Crippen LogP contribution in [0.25, 0.3) is 0 Å². The molecule has 16 heavy (non-hydrogen) atoms. The lowest BCUT2D eigenvalue weighted by Gasteiger charge is -2.09. The van der Waals surface area contributed by atoms with Crippen molar-refractivity contribution in [2.75, 3.05) is 0 Å². The van der Waals surface area contributed by atoms with Gasteiger partial charge in [-0.25, -0.2) is 8.78 Å². The Hall–Kier alpha value is -0.960. The van der Waals surface area contributed by atoms with Crippen LogP contribution in [0.4, 0.5) is 8.78 Å². The van der Waals surface area contributed by atoms with Crippen LogP contribution in [0.3, 0.4) is 0 Å². The first kappa shape index (κ1) is 15.0. The van der Waals surface area contributed by atoms with Crippen LogP contribution >= 0.6 is 0 Å². The summed E-state index contributed by atoms with van der Waals surface area (Å²) in [5, 5.41) is 9.43. The highest BCUT2D eigenvalue weighted by molar-refractivity contribution is 5.19. The fraction of sp³-hybridized carbons (Fsp3) is 0.538. The predicted molar refractivity (Wildman–Crippen MR) is 62.3 cm³/mol. The molecule has 0 aliphatic rings. The van der Waals surface area contributed by atoms with E-state index < -0.39 is 17.7 Å². The van der Waals surface area contributed by atoms with Crippen molar-refractivity contribution in [3.63, 3.8) is 0 Å². The second kappa shape index (κ2) is 8.22. The van der Waals surface area contributed by atoms with Crippen molar-refractivity contribution >= 4 is 0 Å². The van der Waals surface area contributed by atoms with Crippen LogP contribution in [0.5, 0.6) is 0 Å². The maximum atomic E-state index is 13.1. The zero-order valence-electron chi connectivity index (χ0n) is 10.1. The Balaban J connectivity index is 0.00000106. The standard InChI is InChI=1S/C11H14F2O.C2H6/c1-2-4-9(14)7-8-5-3-6-10(12)11(8)13;1-2/h3,5-6,9,14H,2,4,7H2,1H3;1-2H3. The van der Waals surface area contributed by atoms with Gasteiger partial charge in [0, 0.05) is 6.42 Å². The molecule has 1 N–H and O–H groups in total. The molecule has 0 fully saturated rings. The SMILES string of the molecule is CC.CCCC(O)Cc1cccc(F)c1F. The molecule has 0 amide bonds. The Labute approximate surface area is 96.1 Å². The zero-order valence-corrected chi connectivity index (χ0v) is 10.1. The van der Waals surface area contributed by atoms with Gasteiger partial charge >= 0.3 is 0 Å². The molecule has 3 heteroatoms. The van der Waals surface area contributed by atoms with E-state index in [1.807, 2.05) is 20.8 Å². The van der Waals surface area contributed by atoms with E-state index in [-0.39, 0.29) is 12.0 Å². The maximum absolute atomic E-state index is 13.1. The van der Waals surface area contributed by atoms with Crippen LogP contribution in [0.2, 0.25) is 0 Å². The topological polar surface area (TPSA) is 20.2 Å². The minimum Gasteiger partial charge on any atom is -0.393 e. The van der Waals surface area contributed by atoms with Crippen LogP contribution in [-0.2, 0) is 6.42 Å². The molecule has 0 spiro atoms. The summed E-state index contributed by atoms with van der Waals surface area (Å²) in [4.78, 5) is 0. The molecule has 1 atom stereocenters. The fourth-order valence-electron chi connectivity index (χ4n) is 1.40. The number of aliphatic hydroxyl groups is 1. The smallest absolute Gasteiger partial charge is 0.162 e. The first-order valence-electron chi connectivity index (χ1n) is 5.76. The van der Waals surface area contributed by atoms with Crippen molar-refractivity contribution in [1.29, 1.82) is 0 Å². The summed E-state index contributed by atoms with van der Waals surface area (Å²) in [6.07, 6.45) is 1.03. The van der Waals surface area contributed by atoms with Crippen molar-refractivity contribution < 1.29 is 13.9 Å². The Morgan fingerprint density at radius 3 is 2.44 bits per heavy atom. The Kier molecular flexibility index (Phi) is 7.73. The lowest BCUT2D eigenvalue weighted by atomic mass is 10.0. The van der Waals surface area contributed by atoms with Crippen LogP contribution in [0, 0.1) is 11.6 Å². The highest BCUT2D eigenvalue weighted by atomic mass is 19.2. The average Bonchev–Trinajstić information content (AvgIpc) is 2.28. The molecule has 0 radical (unpaired) electrons. The number of rotatable bonds is 4. The van der Waals surface area contributed by atoms with Gasteiger partial charge in [-0.05, 0) is 18.1 Å². The molecule has 0 aromatic heterocycles. The van der Waals surface area contributed by atoms with Gasteiger partial charge in [-0.2, -0.15) is 0 Å². The van der Waals surface area contributed by atoms with E-state index in [1.165, 1.54) is 12.1 Å². The molecule has 0 aliphatic carbocycles. The summed E-state index contributed by atoms with van der Waals surface area (Å²) in [5.41, 5.74) is 0.242. The Morgan fingerprint density at radius 2 is 1.88 bits per heavy atom. The van der Waals surface area contributed by atoms with Crippen LogP contribution in [0.1, 0.15) is 39.2 Å². The van der Waals surface area contributed by atoms with E-state index in [0.29, 0.717) is 6.42 Å². The first-order valence-corrected chi connectivity index (χ1v) is 5.76. The summed E-state index contributed by atoms with van der Waals surface area (Å²) in [6, 6.07) is 4.02. The van der Waals surface area contributed by atoms with E-state index in [9.17, 15) is 13.9 Å². The second-order valence-electron chi connectivity index (χ2n) is 3.36. The average molecular weight is 230 g/mol. The van der Waals surface area contributed by atoms with Gasteiger partial charge in [-0.1, -0.05) is 39.3 Å². The number of hydrogen-bond acceptors (Lipinski definition) is 1. The van der Waals surface area contributed by atoms with E-state index in [2.05, 4.69) is 0 Å². The van der Waals surface area contributed by atoms with Crippen molar-refractivity contribution in [3.05, 3.63) is 35.4 Å². The molecule has 0 saturated carbocycles. The van der Waals surface area contributed by atoms with Gasteiger partial charge in [-0.3, -0.25) is 0 Å². The molecule has 0 heterocycles. The summed E-state index contributed by atoms with van der Waals surface area (Å²) in [6.45, 7) is 5.94. The van der Waals surface area contributed by atoms with E-state index >= 15 is 0 Å². The van der Waals surface area contributed by atoms with Gasteiger partial charge in [0.15, 0.2) is 11.6 Å². The van der Waals surface area contributed by atoms with Crippen molar-refractivity contribution in [2.45, 2.75) is 46.1 Å². The highest BCUT2D eigenvalue weighted by Gasteiger charge is 2.11. The number of hydrogen-bond donors (Lipinski definition) is 1. The van der Waals surface area contributed by atoms with Gasteiger partial charge in [0.05, 0.1) is 6.10 Å². The molecule has 0 saturated heterocycles. The summed E-state index contributed by atoms with van der Waals surface area (Å²) < 4.78 is 25.9. The zero-order chi connectivity index (χ0) is 12.6. The summed E-state index contributed by atoms with van der Waals surface area (Å²) in [7, 11) is 0. The molecule has 0 bridgehead atoms. The minimum atomic E-state index is -0.855. The fourth-order valence-corrected chi connectivity index (χ4v) is 1.40. The van der Waals surface area contributed by atoms with Gasteiger partial charge in [0.2, 0.25) is 0 Å². The third-order valence-corrected chi connectivity index (χ3v) is 2.11. The van der Waals surface area contributed by atoms with Gasteiger partial charge < -0.3 is 5.11 Å². The largest absolute Gasteiger partial charge is 0.393 e. The van der Waals surface area contributed by atoms with Crippen molar-refractivity contribution in [3.8, 4) is 0 Å². The first-order chi connectivity index (χ1) is 7.65. The van der Waals surface area contributed by atoms with Crippen LogP contribution < -0.4 is 0 Å². The second-order valence-corrected chi connectivity index (χ2v) is 3.36. The van der Waals surface area contributed by atoms with Crippen molar-refractivity contribution in [1.82, 2.24) is 0 Å². The molecule has 1 aromatic rings. The summed E-state index contributed by atoms with van der Waals surface area (Å²) in [5.74, 6) is -1.70. The highest BCUT2D eigenvalue weighted by Crippen LogP contribution is 2.14. The molecular formula is C13H20F2O. The quantitative estimate of drug-likeness (QED) is 0.836. The lowest BCUT2D eigenvalue weighted by molar-refractivity contribution is 0.162. The molecule has 1 nitrogen and oxygen atoms in total. The minimum absolute atomic E-state index is 0.178. The Bertz CT molecular complexity index is 300. The normalized spacial score (nSPS) is 11.6. The van der Waals surface area contributed by atoms with E-state index in [4.69, 9.17) is 0 Å². The lowest BCUT2D eigenvalue weighted by Crippen LogP contribution is -2.11. The molecule has 1 aromatic carbocycles. The third-order valence-electron chi connectivity index (χ3n) is 2.11. The molecular weight excluding hydrogens is 210 g/mol.